The Kier molecular flexibility index (Phi) is 2.13. The van der Waals surface area contributed by atoms with Gasteiger partial charge in [-0.1, -0.05) is 6.07 Å². The molecule has 2 rings (SSSR count). The molecule has 0 saturated heterocycles. The molecular formula is C8H4FN4O2-. The van der Waals surface area contributed by atoms with E-state index < -0.39 is 17.3 Å². The van der Waals surface area contributed by atoms with E-state index in [1.54, 1.807) is 0 Å². The van der Waals surface area contributed by atoms with Gasteiger partial charge in [-0.15, -0.1) is 10.2 Å². The summed E-state index contributed by atoms with van der Waals surface area (Å²) in [6, 6.07) is 3.48. The molecule has 0 radical (unpaired) electrons. The van der Waals surface area contributed by atoms with E-state index in [1.165, 1.54) is 6.07 Å². The van der Waals surface area contributed by atoms with Gasteiger partial charge in [-0.25, -0.2) is 4.39 Å². The molecule has 0 aliphatic heterocycles. The van der Waals surface area contributed by atoms with E-state index >= 15 is 0 Å². The number of hydrogen-bond donors (Lipinski definition) is 1. The summed E-state index contributed by atoms with van der Waals surface area (Å²) >= 11 is 0. The number of carboxylic acid groups (broad SMARTS) is 1. The maximum absolute atomic E-state index is 13.2. The Balaban J connectivity index is 2.47. The average Bonchev–Trinajstić information content (AvgIpc) is 2.69. The Morgan fingerprint density at radius 1 is 1.47 bits per heavy atom. The molecule has 0 aliphatic carbocycles. The van der Waals surface area contributed by atoms with Crippen LogP contribution < -0.4 is 5.11 Å². The molecule has 1 heterocycles. The monoisotopic (exact) mass is 207 g/mol. The number of aromatic nitrogens is 4. The van der Waals surface area contributed by atoms with Crippen LogP contribution in [0.1, 0.15) is 10.4 Å². The highest BCUT2D eigenvalue weighted by Gasteiger charge is 2.08. The minimum absolute atomic E-state index is 0.193. The van der Waals surface area contributed by atoms with Gasteiger partial charge in [-0.05, 0) is 17.3 Å². The summed E-state index contributed by atoms with van der Waals surface area (Å²) in [6.07, 6.45) is 0. The van der Waals surface area contributed by atoms with E-state index in [2.05, 4.69) is 20.6 Å². The molecule has 0 fully saturated rings. The van der Waals surface area contributed by atoms with Gasteiger partial charge >= 0.3 is 0 Å². The second-order valence-corrected chi connectivity index (χ2v) is 2.72. The number of hydrogen-bond acceptors (Lipinski definition) is 5. The van der Waals surface area contributed by atoms with Crippen LogP contribution in [-0.2, 0) is 0 Å². The standard InChI is InChI=1S/C8H5FN4O2/c9-6-3-4(7-10-12-13-11-7)1-2-5(6)8(14)15/h1-3H,(H,14,15)(H,10,11,12,13)/p-1. The van der Waals surface area contributed by atoms with Gasteiger partial charge in [-0.3, -0.25) is 0 Å². The number of carboxylic acids is 1. The third-order valence-electron chi connectivity index (χ3n) is 1.79. The number of nitrogens with one attached hydrogen (secondary N) is 1. The van der Waals surface area contributed by atoms with Crippen LogP contribution in [0.25, 0.3) is 11.4 Å². The van der Waals surface area contributed by atoms with Crippen LogP contribution in [0.15, 0.2) is 18.2 Å². The molecule has 6 nitrogen and oxygen atoms in total. The first-order valence-corrected chi connectivity index (χ1v) is 3.93. The first kappa shape index (κ1) is 9.25. The van der Waals surface area contributed by atoms with Crippen LogP contribution in [-0.4, -0.2) is 26.6 Å². The van der Waals surface area contributed by atoms with Crippen molar-refractivity contribution in [3.63, 3.8) is 0 Å². The molecule has 7 heteroatoms. The Morgan fingerprint density at radius 2 is 2.27 bits per heavy atom. The molecule has 0 aliphatic rings. The fraction of sp³-hybridized carbons (Fsp3) is 0. The summed E-state index contributed by atoms with van der Waals surface area (Å²) < 4.78 is 13.2. The summed E-state index contributed by atoms with van der Waals surface area (Å²) in [5, 5.41) is 23.2. The van der Waals surface area contributed by atoms with Crippen LogP contribution in [0.3, 0.4) is 0 Å². The van der Waals surface area contributed by atoms with E-state index in [0.717, 1.165) is 12.1 Å². The Hall–Kier alpha value is -2.31. The SMILES string of the molecule is O=C([O-])c1ccc(-c2nn[nH]n2)cc1F. The molecule has 0 bridgehead atoms. The summed E-state index contributed by atoms with van der Waals surface area (Å²) in [5.41, 5.74) is -0.159. The zero-order chi connectivity index (χ0) is 10.8. The first-order valence-electron chi connectivity index (χ1n) is 3.93. The molecule has 2 aromatic rings. The van der Waals surface area contributed by atoms with Gasteiger partial charge in [-0.2, -0.15) is 5.21 Å². The van der Waals surface area contributed by atoms with Gasteiger partial charge in [0.2, 0.25) is 5.82 Å². The smallest absolute Gasteiger partial charge is 0.204 e. The number of aromatic carboxylic acids is 1. The van der Waals surface area contributed by atoms with Gasteiger partial charge < -0.3 is 9.90 Å². The fourth-order valence-corrected chi connectivity index (χ4v) is 1.10. The number of carbonyl (C=O) groups excluding carboxylic acids is 1. The predicted molar refractivity (Wildman–Crippen MR) is 43.9 cm³/mol. The Bertz CT molecular complexity index is 497. The van der Waals surface area contributed by atoms with Crippen LogP contribution in [0, 0.1) is 5.82 Å². The zero-order valence-corrected chi connectivity index (χ0v) is 7.27. The van der Waals surface area contributed by atoms with Crippen molar-refractivity contribution in [1.29, 1.82) is 0 Å². The van der Waals surface area contributed by atoms with Crippen LogP contribution in [0.4, 0.5) is 4.39 Å². The van der Waals surface area contributed by atoms with Crippen molar-refractivity contribution in [2.24, 2.45) is 0 Å². The molecule has 0 spiro atoms. The van der Waals surface area contributed by atoms with Crippen molar-refractivity contribution >= 4 is 5.97 Å². The zero-order valence-electron chi connectivity index (χ0n) is 7.27. The average molecular weight is 207 g/mol. The van der Waals surface area contributed by atoms with E-state index in [4.69, 9.17) is 0 Å². The van der Waals surface area contributed by atoms with Gasteiger partial charge in [0.15, 0.2) is 0 Å². The van der Waals surface area contributed by atoms with E-state index in [0.29, 0.717) is 5.56 Å². The Labute approximate surface area is 82.7 Å². The highest BCUT2D eigenvalue weighted by molar-refractivity contribution is 5.86. The predicted octanol–water partition coefficient (Wildman–Crippen LogP) is -0.631. The van der Waals surface area contributed by atoms with Crippen molar-refractivity contribution in [3.05, 3.63) is 29.6 Å². The molecule has 1 N–H and O–H groups in total. The lowest BCUT2D eigenvalue weighted by molar-refractivity contribution is -0.255. The molecular weight excluding hydrogens is 203 g/mol. The number of benzene rings is 1. The van der Waals surface area contributed by atoms with Crippen molar-refractivity contribution in [2.45, 2.75) is 0 Å². The molecule has 0 atom stereocenters. The lowest BCUT2D eigenvalue weighted by atomic mass is 10.1. The molecule has 0 saturated carbocycles. The van der Waals surface area contributed by atoms with E-state index in [1.807, 2.05) is 0 Å². The minimum Gasteiger partial charge on any atom is -0.545 e. The van der Waals surface area contributed by atoms with Crippen molar-refractivity contribution < 1.29 is 14.3 Å². The summed E-state index contributed by atoms with van der Waals surface area (Å²) in [4.78, 5) is 10.4. The second kappa shape index (κ2) is 3.45. The number of halogens is 1. The topological polar surface area (TPSA) is 94.6 Å². The number of nitrogens with zero attached hydrogens (tertiary/aromatic N) is 3. The highest BCUT2D eigenvalue weighted by Crippen LogP contribution is 2.17. The Morgan fingerprint density at radius 3 is 2.80 bits per heavy atom. The second-order valence-electron chi connectivity index (χ2n) is 2.72. The number of carbonyl (C=O) groups is 1. The normalized spacial score (nSPS) is 10.2. The summed E-state index contributed by atoms with van der Waals surface area (Å²) in [7, 11) is 0. The largest absolute Gasteiger partial charge is 0.545 e. The minimum atomic E-state index is -1.56. The quantitative estimate of drug-likeness (QED) is 0.707. The van der Waals surface area contributed by atoms with Gasteiger partial charge in [0.25, 0.3) is 0 Å². The molecule has 76 valence electrons. The van der Waals surface area contributed by atoms with Crippen LogP contribution in [0.2, 0.25) is 0 Å². The van der Waals surface area contributed by atoms with Crippen LogP contribution >= 0.6 is 0 Å². The van der Waals surface area contributed by atoms with Crippen LogP contribution in [0.5, 0.6) is 0 Å². The molecule has 0 amide bonds. The lowest BCUT2D eigenvalue weighted by Gasteiger charge is -2.04. The summed E-state index contributed by atoms with van der Waals surface area (Å²) in [5.74, 6) is -2.26. The highest BCUT2D eigenvalue weighted by atomic mass is 19.1. The maximum atomic E-state index is 13.2. The van der Waals surface area contributed by atoms with Gasteiger partial charge in [0.05, 0.1) is 5.97 Å². The maximum Gasteiger partial charge on any atom is 0.204 e. The molecule has 15 heavy (non-hydrogen) atoms. The van der Waals surface area contributed by atoms with Crippen molar-refractivity contribution in [3.8, 4) is 11.4 Å². The van der Waals surface area contributed by atoms with Gasteiger partial charge in [0, 0.05) is 11.1 Å². The number of aromatic amines is 1. The first-order chi connectivity index (χ1) is 7.18. The third-order valence-corrected chi connectivity index (χ3v) is 1.79. The summed E-state index contributed by atoms with van der Waals surface area (Å²) in [6.45, 7) is 0. The lowest BCUT2D eigenvalue weighted by Crippen LogP contribution is -2.23. The van der Waals surface area contributed by atoms with Crippen molar-refractivity contribution in [2.75, 3.05) is 0 Å². The molecule has 1 aromatic heterocycles. The number of tetrazole rings is 1. The number of rotatable bonds is 2. The van der Waals surface area contributed by atoms with Crippen molar-refractivity contribution in [1.82, 2.24) is 20.6 Å². The third kappa shape index (κ3) is 1.66. The van der Waals surface area contributed by atoms with E-state index in [9.17, 15) is 14.3 Å². The molecule has 0 unspecified atom stereocenters. The van der Waals surface area contributed by atoms with Gasteiger partial charge in [0.1, 0.15) is 5.82 Å². The fourth-order valence-electron chi connectivity index (χ4n) is 1.10. The number of H-pyrrole nitrogens is 1. The van der Waals surface area contributed by atoms with E-state index in [-0.39, 0.29) is 5.82 Å². The molecule has 1 aromatic carbocycles.